The van der Waals surface area contributed by atoms with Crippen molar-refractivity contribution in [3.05, 3.63) is 72.9 Å². The van der Waals surface area contributed by atoms with Crippen LogP contribution in [0.2, 0.25) is 0 Å². The summed E-state index contributed by atoms with van der Waals surface area (Å²) in [4.78, 5) is 11.8. The van der Waals surface area contributed by atoms with Crippen molar-refractivity contribution in [3.63, 3.8) is 0 Å². The molecule has 0 radical (unpaired) electrons. The molecule has 3 aromatic carbocycles. The summed E-state index contributed by atoms with van der Waals surface area (Å²) in [5.41, 5.74) is 5.61. The summed E-state index contributed by atoms with van der Waals surface area (Å²) in [6.45, 7) is 0. The molecule has 0 saturated carbocycles. The monoisotopic (exact) mass is 411 g/mol. The maximum Gasteiger partial charge on any atom is 0.161 e. The molecule has 0 spiro atoms. The highest BCUT2D eigenvalue weighted by atomic mass is 16.5. The van der Waals surface area contributed by atoms with Gasteiger partial charge < -0.3 is 24.5 Å². The highest BCUT2D eigenvalue weighted by Crippen LogP contribution is 2.38. The number of benzene rings is 3. The largest absolute Gasteiger partial charge is 0.504 e. The topological polar surface area (TPSA) is 83.2 Å². The second-order valence-corrected chi connectivity index (χ2v) is 7.17. The fourth-order valence-electron chi connectivity index (χ4n) is 3.77. The van der Waals surface area contributed by atoms with Gasteiger partial charge in [-0.2, -0.15) is 0 Å². The van der Waals surface area contributed by atoms with Crippen molar-refractivity contribution in [2.75, 3.05) is 14.2 Å². The zero-order chi connectivity index (χ0) is 21.4. The number of nitrogens with zero attached hydrogens (tertiary/aromatic N) is 1. The Hall–Kier alpha value is -4.19. The van der Waals surface area contributed by atoms with Gasteiger partial charge in [0, 0.05) is 33.8 Å². The number of H-pyrrole nitrogens is 2. The van der Waals surface area contributed by atoms with Crippen molar-refractivity contribution < 1.29 is 14.6 Å². The van der Waals surface area contributed by atoms with Crippen LogP contribution in [0.3, 0.4) is 0 Å². The number of phenols is 1. The zero-order valence-electron chi connectivity index (χ0n) is 17.1. The third-order valence-corrected chi connectivity index (χ3v) is 5.38. The predicted octanol–water partition coefficient (Wildman–Crippen LogP) is 5.61. The number of aromatic amines is 2. The normalized spacial score (nSPS) is 11.0. The molecule has 0 amide bonds. The summed E-state index contributed by atoms with van der Waals surface area (Å²) in [5, 5.41) is 11.1. The Morgan fingerprint density at radius 3 is 2.42 bits per heavy atom. The molecule has 0 fully saturated rings. The van der Waals surface area contributed by atoms with Crippen LogP contribution in [0.15, 0.2) is 72.9 Å². The first-order valence-electron chi connectivity index (χ1n) is 9.86. The van der Waals surface area contributed by atoms with E-state index < -0.39 is 0 Å². The Labute approximate surface area is 179 Å². The van der Waals surface area contributed by atoms with E-state index >= 15 is 0 Å². The number of ether oxygens (including phenoxy) is 2. The van der Waals surface area contributed by atoms with Gasteiger partial charge in [0.15, 0.2) is 11.5 Å². The van der Waals surface area contributed by atoms with Crippen LogP contribution in [0.5, 0.6) is 17.2 Å². The average Bonchev–Trinajstić information content (AvgIpc) is 3.44. The second kappa shape index (κ2) is 7.57. The van der Waals surface area contributed by atoms with E-state index in [0.717, 1.165) is 44.7 Å². The van der Waals surface area contributed by atoms with Crippen LogP contribution >= 0.6 is 0 Å². The molecule has 154 valence electrons. The molecule has 0 aliphatic heterocycles. The molecule has 0 atom stereocenters. The van der Waals surface area contributed by atoms with E-state index in [-0.39, 0.29) is 5.75 Å². The number of para-hydroxylation sites is 1. The molecule has 6 nitrogen and oxygen atoms in total. The number of aromatic nitrogens is 3. The molecule has 6 heteroatoms. The smallest absolute Gasteiger partial charge is 0.161 e. The van der Waals surface area contributed by atoms with Crippen molar-refractivity contribution in [1.29, 1.82) is 0 Å². The van der Waals surface area contributed by atoms with Crippen molar-refractivity contribution in [1.82, 2.24) is 15.0 Å². The lowest BCUT2D eigenvalue weighted by Crippen LogP contribution is -1.86. The third-order valence-electron chi connectivity index (χ3n) is 5.38. The Kier molecular flexibility index (Phi) is 4.59. The molecule has 0 aliphatic rings. The van der Waals surface area contributed by atoms with E-state index in [0.29, 0.717) is 11.6 Å². The Bertz CT molecular complexity index is 1370. The number of hydrogen-bond acceptors (Lipinski definition) is 4. The molecule has 0 bridgehead atoms. The van der Waals surface area contributed by atoms with E-state index in [4.69, 9.17) is 14.5 Å². The zero-order valence-corrected chi connectivity index (χ0v) is 17.1. The van der Waals surface area contributed by atoms with Crippen LogP contribution in [-0.4, -0.2) is 34.3 Å². The van der Waals surface area contributed by atoms with Gasteiger partial charge in [-0.05, 0) is 48.5 Å². The highest BCUT2D eigenvalue weighted by Gasteiger charge is 2.19. The summed E-state index contributed by atoms with van der Waals surface area (Å²) >= 11 is 0. The summed E-state index contributed by atoms with van der Waals surface area (Å²) in [6.07, 6.45) is 1.99. The number of imidazole rings is 1. The number of fused-ring (bicyclic) bond motifs is 1. The minimum atomic E-state index is 0.0880. The van der Waals surface area contributed by atoms with Crippen LogP contribution in [-0.2, 0) is 0 Å². The van der Waals surface area contributed by atoms with E-state index in [2.05, 4.69) is 16.0 Å². The first-order valence-corrected chi connectivity index (χ1v) is 9.86. The quantitative estimate of drug-likeness (QED) is 0.351. The van der Waals surface area contributed by atoms with E-state index in [1.54, 1.807) is 19.2 Å². The van der Waals surface area contributed by atoms with Gasteiger partial charge in [-0.1, -0.05) is 18.2 Å². The summed E-state index contributed by atoms with van der Waals surface area (Å²) in [5.74, 6) is 1.96. The minimum Gasteiger partial charge on any atom is -0.504 e. The van der Waals surface area contributed by atoms with Crippen LogP contribution in [0.1, 0.15) is 0 Å². The molecule has 2 heterocycles. The summed E-state index contributed by atoms with van der Waals surface area (Å²) < 4.78 is 10.6. The lowest BCUT2D eigenvalue weighted by Gasteiger charge is -2.04. The molecule has 0 saturated heterocycles. The molecule has 2 aromatic heterocycles. The third kappa shape index (κ3) is 3.28. The van der Waals surface area contributed by atoms with Gasteiger partial charge in [0.1, 0.15) is 11.6 Å². The fraction of sp³-hybridized carbons (Fsp3) is 0.0800. The summed E-state index contributed by atoms with van der Waals surface area (Å²) in [6, 6.07) is 21.2. The van der Waals surface area contributed by atoms with Crippen molar-refractivity contribution >= 4 is 10.9 Å². The van der Waals surface area contributed by atoms with Gasteiger partial charge in [-0.25, -0.2) is 4.98 Å². The van der Waals surface area contributed by atoms with E-state index in [1.807, 2.05) is 54.7 Å². The van der Waals surface area contributed by atoms with Gasteiger partial charge in [0.25, 0.3) is 0 Å². The molecular formula is C25H21N3O3. The predicted molar refractivity (Wildman–Crippen MR) is 122 cm³/mol. The van der Waals surface area contributed by atoms with E-state index in [9.17, 15) is 5.11 Å². The average molecular weight is 411 g/mol. The van der Waals surface area contributed by atoms with Crippen molar-refractivity contribution in [3.8, 4) is 51.2 Å². The molecule has 31 heavy (non-hydrogen) atoms. The Morgan fingerprint density at radius 1 is 0.871 bits per heavy atom. The fourth-order valence-corrected chi connectivity index (χ4v) is 3.77. The lowest BCUT2D eigenvalue weighted by atomic mass is 10.0. The van der Waals surface area contributed by atoms with Crippen LogP contribution in [0, 0.1) is 0 Å². The maximum atomic E-state index is 9.97. The van der Waals surface area contributed by atoms with Gasteiger partial charge in [-0.3, -0.25) is 0 Å². The molecule has 3 N–H and O–H groups in total. The van der Waals surface area contributed by atoms with Crippen LogP contribution in [0.4, 0.5) is 0 Å². The van der Waals surface area contributed by atoms with Gasteiger partial charge >= 0.3 is 0 Å². The molecule has 0 aliphatic carbocycles. The van der Waals surface area contributed by atoms with Gasteiger partial charge in [0.05, 0.1) is 25.6 Å². The summed E-state index contributed by atoms with van der Waals surface area (Å²) in [7, 11) is 3.18. The number of methoxy groups -OCH3 is 2. The lowest BCUT2D eigenvalue weighted by molar-refractivity contribution is 0.373. The molecule has 5 aromatic rings. The van der Waals surface area contributed by atoms with Crippen molar-refractivity contribution in [2.24, 2.45) is 0 Å². The maximum absolute atomic E-state index is 9.97. The Balaban J connectivity index is 1.72. The van der Waals surface area contributed by atoms with Gasteiger partial charge in [-0.15, -0.1) is 0 Å². The number of aromatic hydroxyl groups is 1. The van der Waals surface area contributed by atoms with Crippen LogP contribution in [0.25, 0.3) is 44.8 Å². The molecular weight excluding hydrogens is 390 g/mol. The molecule has 5 rings (SSSR count). The van der Waals surface area contributed by atoms with Crippen molar-refractivity contribution in [2.45, 2.75) is 0 Å². The number of hydrogen-bond donors (Lipinski definition) is 3. The van der Waals surface area contributed by atoms with Gasteiger partial charge in [0.2, 0.25) is 0 Å². The standard InChI is InChI=1S/C25H21N3O3/c1-30-17-10-7-15(8-11-17)23-24(19-14-26-20-6-4-3-5-18(19)20)28-25(27-23)16-9-12-21(29)22(13-16)31-2/h3-14,26,29H,1-2H3,(H,27,28). The first-order chi connectivity index (χ1) is 15.2. The SMILES string of the molecule is COc1ccc(-c2nc(-c3ccc(O)c(OC)c3)[nH]c2-c2c[nH]c3ccccc23)cc1. The second-order valence-electron chi connectivity index (χ2n) is 7.17. The van der Waals surface area contributed by atoms with E-state index in [1.165, 1.54) is 7.11 Å². The van der Waals surface area contributed by atoms with Crippen LogP contribution < -0.4 is 9.47 Å². The number of rotatable bonds is 5. The highest BCUT2D eigenvalue weighted by molar-refractivity contribution is 5.98. The number of nitrogens with one attached hydrogen (secondary N) is 2. The minimum absolute atomic E-state index is 0.0880. The number of phenolic OH excluding ortho intramolecular Hbond substituents is 1. The Morgan fingerprint density at radius 2 is 1.65 bits per heavy atom. The molecule has 0 unspecified atom stereocenters. The first kappa shape index (κ1) is 18.8.